The van der Waals surface area contributed by atoms with Crippen LogP contribution in [0.25, 0.3) is 0 Å². The number of para-hydroxylation sites is 1. The van der Waals surface area contributed by atoms with Gasteiger partial charge in [-0.3, -0.25) is 20.2 Å². The second-order valence-electron chi connectivity index (χ2n) is 5.37. The lowest BCUT2D eigenvalue weighted by Gasteiger charge is -2.12. The molecule has 0 saturated carbocycles. The topological polar surface area (TPSA) is 136 Å². The molecule has 0 aliphatic carbocycles. The molecule has 0 bridgehead atoms. The monoisotopic (exact) mass is 379 g/mol. The molecule has 0 atom stereocenters. The SMILES string of the molecule is O=C(NC(=O)c1ccccc1)Nc1cccc([N+](=O)[O-])c1Oc1ccnnc1. The molecule has 0 radical (unpaired) electrons. The highest BCUT2D eigenvalue weighted by molar-refractivity contribution is 6.08. The number of aromatic nitrogens is 2. The minimum Gasteiger partial charge on any atom is -0.446 e. The van der Waals surface area contributed by atoms with Gasteiger partial charge in [-0.15, -0.1) is 0 Å². The molecule has 3 aromatic rings. The van der Waals surface area contributed by atoms with Crippen molar-refractivity contribution in [1.82, 2.24) is 15.5 Å². The standard InChI is InChI=1S/C18H13N5O5/c24-17(12-5-2-1-3-6-12)22-18(25)21-14-7-4-8-15(23(26)27)16(14)28-13-9-10-19-20-11-13/h1-11H,(H2,21,22,24,25). The summed E-state index contributed by atoms with van der Waals surface area (Å²) in [5, 5.41) is 23.1. The minimum atomic E-state index is -0.868. The highest BCUT2D eigenvalue weighted by atomic mass is 16.6. The largest absolute Gasteiger partial charge is 0.446 e. The predicted molar refractivity (Wildman–Crippen MR) is 98.1 cm³/mol. The summed E-state index contributed by atoms with van der Waals surface area (Å²) in [6.45, 7) is 0. The van der Waals surface area contributed by atoms with Crippen LogP contribution in [0.4, 0.5) is 16.2 Å². The van der Waals surface area contributed by atoms with Crippen molar-refractivity contribution in [1.29, 1.82) is 0 Å². The number of amides is 3. The van der Waals surface area contributed by atoms with Gasteiger partial charge in [-0.2, -0.15) is 10.2 Å². The molecule has 28 heavy (non-hydrogen) atoms. The van der Waals surface area contributed by atoms with Crippen LogP contribution in [0.5, 0.6) is 11.5 Å². The van der Waals surface area contributed by atoms with Gasteiger partial charge in [0, 0.05) is 17.7 Å². The molecule has 10 nitrogen and oxygen atoms in total. The van der Waals surface area contributed by atoms with E-state index in [1.165, 1.54) is 36.7 Å². The highest BCUT2D eigenvalue weighted by Crippen LogP contribution is 2.37. The number of benzene rings is 2. The summed E-state index contributed by atoms with van der Waals surface area (Å²) in [4.78, 5) is 34.9. The van der Waals surface area contributed by atoms with E-state index in [2.05, 4.69) is 20.8 Å². The van der Waals surface area contributed by atoms with Crippen LogP contribution in [0, 0.1) is 10.1 Å². The number of urea groups is 1. The number of anilines is 1. The summed E-state index contributed by atoms with van der Waals surface area (Å²) in [6.07, 6.45) is 2.61. The normalized spacial score (nSPS) is 10.0. The summed E-state index contributed by atoms with van der Waals surface area (Å²) >= 11 is 0. The first-order valence-electron chi connectivity index (χ1n) is 7.94. The molecular formula is C18H13N5O5. The molecule has 0 saturated heterocycles. The zero-order valence-corrected chi connectivity index (χ0v) is 14.2. The molecular weight excluding hydrogens is 366 g/mol. The third-order valence-corrected chi connectivity index (χ3v) is 3.48. The van der Waals surface area contributed by atoms with E-state index in [1.54, 1.807) is 30.3 Å². The average Bonchev–Trinajstić information content (AvgIpc) is 2.70. The van der Waals surface area contributed by atoms with E-state index >= 15 is 0 Å². The molecule has 0 unspecified atom stereocenters. The van der Waals surface area contributed by atoms with Crippen molar-refractivity contribution in [3.63, 3.8) is 0 Å². The smallest absolute Gasteiger partial charge is 0.326 e. The van der Waals surface area contributed by atoms with E-state index in [0.717, 1.165) is 0 Å². The van der Waals surface area contributed by atoms with Crippen molar-refractivity contribution in [2.24, 2.45) is 0 Å². The van der Waals surface area contributed by atoms with Gasteiger partial charge in [-0.25, -0.2) is 4.79 Å². The first-order chi connectivity index (χ1) is 13.5. The third-order valence-electron chi connectivity index (χ3n) is 3.48. The van der Waals surface area contributed by atoms with Gasteiger partial charge < -0.3 is 10.1 Å². The molecule has 0 fully saturated rings. The Morgan fingerprint density at radius 3 is 2.46 bits per heavy atom. The predicted octanol–water partition coefficient (Wildman–Crippen LogP) is 3.14. The second-order valence-corrected chi connectivity index (χ2v) is 5.37. The lowest BCUT2D eigenvalue weighted by Crippen LogP contribution is -2.34. The van der Waals surface area contributed by atoms with Crippen molar-refractivity contribution in [2.45, 2.75) is 0 Å². The van der Waals surface area contributed by atoms with Gasteiger partial charge in [0.2, 0.25) is 5.75 Å². The summed E-state index contributed by atoms with van der Waals surface area (Å²) in [5.74, 6) is -0.639. The molecule has 3 amide bonds. The number of nitrogens with one attached hydrogen (secondary N) is 2. The molecule has 1 aromatic heterocycles. The zero-order chi connectivity index (χ0) is 19.9. The van der Waals surface area contributed by atoms with Crippen molar-refractivity contribution < 1.29 is 19.2 Å². The lowest BCUT2D eigenvalue weighted by molar-refractivity contribution is -0.385. The Kier molecular flexibility index (Phi) is 5.51. The second kappa shape index (κ2) is 8.36. The maximum atomic E-state index is 12.2. The first-order valence-corrected chi connectivity index (χ1v) is 7.94. The number of nitro groups is 1. The van der Waals surface area contributed by atoms with Gasteiger partial charge in [0.1, 0.15) is 5.75 Å². The Hall–Kier alpha value is -4.34. The van der Waals surface area contributed by atoms with Crippen LogP contribution in [-0.4, -0.2) is 27.1 Å². The van der Waals surface area contributed by atoms with E-state index < -0.39 is 16.9 Å². The number of nitro benzene ring substituents is 1. The quantitative estimate of drug-likeness (QED) is 0.513. The molecule has 0 spiro atoms. The average molecular weight is 379 g/mol. The number of carbonyl (C=O) groups excluding carboxylic acids is 2. The molecule has 1 heterocycles. The Balaban J connectivity index is 1.82. The van der Waals surface area contributed by atoms with Gasteiger partial charge in [0.25, 0.3) is 5.91 Å². The number of ether oxygens (including phenoxy) is 1. The Morgan fingerprint density at radius 2 is 1.79 bits per heavy atom. The molecule has 0 aliphatic heterocycles. The molecule has 0 aliphatic rings. The van der Waals surface area contributed by atoms with Crippen molar-refractivity contribution in [3.8, 4) is 11.5 Å². The van der Waals surface area contributed by atoms with E-state index in [0.29, 0.717) is 0 Å². The summed E-state index contributed by atoms with van der Waals surface area (Å²) in [6, 6.07) is 12.7. The minimum absolute atomic E-state index is 0.00405. The van der Waals surface area contributed by atoms with Crippen molar-refractivity contribution in [2.75, 3.05) is 5.32 Å². The lowest BCUT2D eigenvalue weighted by atomic mass is 10.2. The summed E-state index contributed by atoms with van der Waals surface area (Å²) in [5.41, 5.74) is -0.0793. The van der Waals surface area contributed by atoms with Crippen molar-refractivity contribution >= 4 is 23.3 Å². The summed E-state index contributed by atoms with van der Waals surface area (Å²) in [7, 11) is 0. The maximum Gasteiger partial charge on any atom is 0.326 e. The Bertz CT molecular complexity index is 1010. The van der Waals surface area contributed by atoms with Gasteiger partial charge in [-0.1, -0.05) is 24.3 Å². The molecule has 2 aromatic carbocycles. The molecule has 10 heteroatoms. The van der Waals surface area contributed by atoms with Crippen LogP contribution in [0.3, 0.4) is 0 Å². The third kappa shape index (κ3) is 4.43. The summed E-state index contributed by atoms with van der Waals surface area (Å²) < 4.78 is 5.52. The van der Waals surface area contributed by atoms with Gasteiger partial charge >= 0.3 is 11.7 Å². The van der Waals surface area contributed by atoms with Crippen LogP contribution < -0.4 is 15.4 Å². The van der Waals surface area contributed by atoms with Gasteiger partial charge in [-0.05, 0) is 18.2 Å². The van der Waals surface area contributed by atoms with E-state index in [9.17, 15) is 19.7 Å². The molecule has 140 valence electrons. The van der Waals surface area contributed by atoms with Crippen molar-refractivity contribution in [3.05, 3.63) is 82.7 Å². The van der Waals surface area contributed by atoms with Crippen LogP contribution in [-0.2, 0) is 0 Å². The van der Waals surface area contributed by atoms with E-state index in [1.807, 2.05) is 0 Å². The van der Waals surface area contributed by atoms with Crippen LogP contribution >= 0.6 is 0 Å². The highest BCUT2D eigenvalue weighted by Gasteiger charge is 2.22. The number of hydrogen-bond acceptors (Lipinski definition) is 7. The fourth-order valence-electron chi connectivity index (χ4n) is 2.25. The number of hydrogen-bond donors (Lipinski definition) is 2. The Labute approximate surface area is 158 Å². The Morgan fingerprint density at radius 1 is 1.00 bits per heavy atom. The number of imide groups is 1. The number of carbonyl (C=O) groups is 2. The van der Waals surface area contributed by atoms with E-state index in [-0.39, 0.29) is 28.4 Å². The van der Waals surface area contributed by atoms with E-state index in [4.69, 9.17) is 4.74 Å². The molecule has 2 N–H and O–H groups in total. The van der Waals surface area contributed by atoms with Gasteiger partial charge in [0.15, 0.2) is 0 Å². The van der Waals surface area contributed by atoms with Crippen LogP contribution in [0.1, 0.15) is 10.4 Å². The number of nitrogens with zero attached hydrogens (tertiary/aromatic N) is 3. The molecule has 3 rings (SSSR count). The first kappa shape index (κ1) is 18.5. The maximum absolute atomic E-state index is 12.2. The van der Waals surface area contributed by atoms with Crippen LogP contribution in [0.2, 0.25) is 0 Å². The number of rotatable bonds is 5. The van der Waals surface area contributed by atoms with Crippen LogP contribution in [0.15, 0.2) is 67.0 Å². The van der Waals surface area contributed by atoms with Gasteiger partial charge in [0.05, 0.1) is 23.0 Å². The fourth-order valence-corrected chi connectivity index (χ4v) is 2.25. The zero-order valence-electron chi connectivity index (χ0n) is 14.2. The fraction of sp³-hybridized carbons (Fsp3) is 0.